The maximum absolute atomic E-state index is 12.0. The highest BCUT2D eigenvalue weighted by Gasteiger charge is 2.07. The van der Waals surface area contributed by atoms with Crippen molar-refractivity contribution in [2.45, 2.75) is 13.0 Å². The summed E-state index contributed by atoms with van der Waals surface area (Å²) in [5.74, 6) is 0.0387. The summed E-state index contributed by atoms with van der Waals surface area (Å²) in [5, 5.41) is 2.98. The monoisotopic (exact) mass is 322 g/mol. The molecule has 24 heavy (non-hydrogen) atoms. The van der Waals surface area contributed by atoms with Gasteiger partial charge >= 0.3 is 0 Å². The number of fused-ring (bicyclic) bond motifs is 1. The molecule has 5 heteroatoms. The summed E-state index contributed by atoms with van der Waals surface area (Å²) < 4.78 is 2.12. The summed E-state index contributed by atoms with van der Waals surface area (Å²) >= 11 is 0. The molecule has 1 aromatic heterocycles. The first kappa shape index (κ1) is 16.1. The van der Waals surface area contributed by atoms with Crippen LogP contribution in [0.4, 0.5) is 5.69 Å². The van der Waals surface area contributed by atoms with Gasteiger partial charge in [-0.2, -0.15) is 0 Å². The van der Waals surface area contributed by atoms with Crippen LogP contribution in [0.15, 0.2) is 60.9 Å². The number of aryl methyl sites for hydroxylation is 1. The molecule has 0 fully saturated rings. The van der Waals surface area contributed by atoms with Crippen LogP contribution in [0.25, 0.3) is 11.0 Å². The molecule has 0 aliphatic heterocycles. The van der Waals surface area contributed by atoms with Crippen LogP contribution >= 0.6 is 0 Å². The Kier molecular flexibility index (Phi) is 5.11. The molecule has 124 valence electrons. The molecular formula is C19H22N4O. The maximum atomic E-state index is 12.0. The zero-order valence-electron chi connectivity index (χ0n) is 13.9. The minimum Gasteiger partial charge on any atom is -0.365 e. The molecule has 0 unspecified atom stereocenters. The van der Waals surface area contributed by atoms with Gasteiger partial charge in [-0.15, -0.1) is 0 Å². The Labute approximate surface area is 141 Å². The van der Waals surface area contributed by atoms with Crippen molar-refractivity contribution in [3.63, 3.8) is 0 Å². The minimum absolute atomic E-state index is 0.0387. The number of para-hydroxylation sites is 3. The van der Waals surface area contributed by atoms with E-state index in [1.807, 2.05) is 66.8 Å². The number of hydrogen-bond donors (Lipinski definition) is 1. The van der Waals surface area contributed by atoms with E-state index < -0.39 is 0 Å². The second kappa shape index (κ2) is 7.64. The van der Waals surface area contributed by atoms with Crippen LogP contribution in [0.3, 0.4) is 0 Å². The molecule has 3 aromatic rings. The number of carbonyl (C=O) groups is 1. The Morgan fingerprint density at radius 1 is 1.12 bits per heavy atom. The largest absolute Gasteiger partial charge is 0.365 e. The molecule has 0 saturated heterocycles. The number of rotatable bonds is 7. The molecule has 5 nitrogen and oxygen atoms in total. The van der Waals surface area contributed by atoms with Gasteiger partial charge in [0.25, 0.3) is 0 Å². The Balaban J connectivity index is 1.42. The van der Waals surface area contributed by atoms with E-state index in [4.69, 9.17) is 0 Å². The van der Waals surface area contributed by atoms with Gasteiger partial charge < -0.3 is 14.8 Å². The van der Waals surface area contributed by atoms with Crippen molar-refractivity contribution in [2.75, 3.05) is 25.0 Å². The summed E-state index contributed by atoms with van der Waals surface area (Å²) in [6.45, 7) is 1.86. The van der Waals surface area contributed by atoms with E-state index in [1.165, 1.54) is 0 Å². The summed E-state index contributed by atoms with van der Waals surface area (Å²) in [6, 6.07) is 18.0. The van der Waals surface area contributed by atoms with Crippen LogP contribution in [0, 0.1) is 0 Å². The molecule has 1 heterocycles. The standard InChI is InChI=1S/C19H22N4O/c1-22(16-8-3-2-4-9-16)14-19(24)20-12-7-13-23-15-21-17-10-5-6-11-18(17)23/h2-6,8-11,15H,7,12-14H2,1H3,(H,20,24). The van der Waals surface area contributed by atoms with E-state index in [0.29, 0.717) is 13.1 Å². The zero-order chi connectivity index (χ0) is 16.8. The van der Waals surface area contributed by atoms with E-state index in [9.17, 15) is 4.79 Å². The van der Waals surface area contributed by atoms with E-state index in [2.05, 4.69) is 20.9 Å². The second-order valence-corrected chi connectivity index (χ2v) is 5.82. The molecule has 2 aromatic carbocycles. The fourth-order valence-electron chi connectivity index (χ4n) is 2.71. The van der Waals surface area contributed by atoms with Gasteiger partial charge in [0.15, 0.2) is 0 Å². The lowest BCUT2D eigenvalue weighted by atomic mass is 10.3. The number of benzene rings is 2. The Morgan fingerprint density at radius 2 is 1.88 bits per heavy atom. The number of anilines is 1. The quantitative estimate of drug-likeness (QED) is 0.680. The van der Waals surface area contributed by atoms with Crippen LogP contribution in [-0.4, -0.2) is 35.6 Å². The zero-order valence-corrected chi connectivity index (χ0v) is 13.9. The van der Waals surface area contributed by atoms with Gasteiger partial charge in [-0.25, -0.2) is 4.98 Å². The third kappa shape index (κ3) is 3.93. The number of imidazole rings is 1. The topological polar surface area (TPSA) is 50.2 Å². The summed E-state index contributed by atoms with van der Waals surface area (Å²) in [7, 11) is 1.92. The summed E-state index contributed by atoms with van der Waals surface area (Å²) in [5.41, 5.74) is 3.18. The Morgan fingerprint density at radius 3 is 2.71 bits per heavy atom. The molecule has 1 amide bonds. The third-order valence-corrected chi connectivity index (χ3v) is 4.00. The third-order valence-electron chi connectivity index (χ3n) is 4.00. The highest BCUT2D eigenvalue weighted by molar-refractivity contribution is 5.81. The van der Waals surface area contributed by atoms with Gasteiger partial charge in [-0.1, -0.05) is 30.3 Å². The molecule has 0 atom stereocenters. The fourth-order valence-corrected chi connectivity index (χ4v) is 2.71. The van der Waals surface area contributed by atoms with Gasteiger partial charge in [-0.3, -0.25) is 4.79 Å². The lowest BCUT2D eigenvalue weighted by Gasteiger charge is -2.18. The van der Waals surface area contributed by atoms with Crippen molar-refractivity contribution in [1.29, 1.82) is 0 Å². The number of nitrogens with zero attached hydrogens (tertiary/aromatic N) is 3. The highest BCUT2D eigenvalue weighted by atomic mass is 16.2. The molecule has 0 aliphatic rings. The first-order valence-corrected chi connectivity index (χ1v) is 8.17. The van der Waals surface area contributed by atoms with Gasteiger partial charge in [-0.05, 0) is 30.7 Å². The van der Waals surface area contributed by atoms with E-state index in [-0.39, 0.29) is 5.91 Å². The number of carbonyl (C=O) groups excluding carboxylic acids is 1. The van der Waals surface area contributed by atoms with Crippen LogP contribution in [-0.2, 0) is 11.3 Å². The molecule has 0 bridgehead atoms. The lowest BCUT2D eigenvalue weighted by molar-refractivity contribution is -0.119. The van der Waals surface area contributed by atoms with Crippen LogP contribution in [0.2, 0.25) is 0 Å². The van der Waals surface area contributed by atoms with Crippen molar-refractivity contribution in [3.8, 4) is 0 Å². The predicted molar refractivity (Wildman–Crippen MR) is 97.1 cm³/mol. The maximum Gasteiger partial charge on any atom is 0.239 e. The van der Waals surface area contributed by atoms with Gasteiger partial charge in [0.2, 0.25) is 5.91 Å². The molecule has 0 aliphatic carbocycles. The normalized spacial score (nSPS) is 10.7. The van der Waals surface area contributed by atoms with Gasteiger partial charge in [0.05, 0.1) is 23.9 Å². The first-order chi connectivity index (χ1) is 11.7. The smallest absolute Gasteiger partial charge is 0.239 e. The van der Waals surface area contributed by atoms with Crippen molar-refractivity contribution in [1.82, 2.24) is 14.9 Å². The number of aromatic nitrogens is 2. The second-order valence-electron chi connectivity index (χ2n) is 5.82. The summed E-state index contributed by atoms with van der Waals surface area (Å²) in [4.78, 5) is 18.3. The van der Waals surface area contributed by atoms with Crippen LogP contribution < -0.4 is 10.2 Å². The average Bonchev–Trinajstić information content (AvgIpc) is 3.03. The van der Waals surface area contributed by atoms with Crippen LogP contribution in [0.1, 0.15) is 6.42 Å². The number of likely N-dealkylation sites (N-methyl/N-ethyl adjacent to an activating group) is 1. The van der Waals surface area contributed by atoms with Crippen molar-refractivity contribution in [2.24, 2.45) is 0 Å². The molecule has 3 rings (SSSR count). The number of hydrogen-bond acceptors (Lipinski definition) is 3. The van der Waals surface area contributed by atoms with Crippen molar-refractivity contribution < 1.29 is 4.79 Å². The molecule has 0 radical (unpaired) electrons. The van der Waals surface area contributed by atoms with E-state index in [0.717, 1.165) is 29.7 Å². The van der Waals surface area contributed by atoms with E-state index in [1.54, 1.807) is 0 Å². The fraction of sp³-hybridized carbons (Fsp3) is 0.263. The van der Waals surface area contributed by atoms with Crippen molar-refractivity contribution >= 4 is 22.6 Å². The molecule has 0 spiro atoms. The van der Waals surface area contributed by atoms with Gasteiger partial charge in [0, 0.05) is 25.8 Å². The number of nitrogens with one attached hydrogen (secondary N) is 1. The Bertz CT molecular complexity index is 797. The van der Waals surface area contributed by atoms with Crippen molar-refractivity contribution in [3.05, 3.63) is 60.9 Å². The van der Waals surface area contributed by atoms with Gasteiger partial charge in [0.1, 0.15) is 0 Å². The lowest BCUT2D eigenvalue weighted by Crippen LogP contribution is -2.35. The predicted octanol–water partition coefficient (Wildman–Crippen LogP) is 2.68. The average molecular weight is 322 g/mol. The SMILES string of the molecule is CN(CC(=O)NCCCn1cnc2ccccc21)c1ccccc1. The highest BCUT2D eigenvalue weighted by Crippen LogP contribution is 2.12. The van der Waals surface area contributed by atoms with Crippen LogP contribution in [0.5, 0.6) is 0 Å². The Hall–Kier alpha value is -2.82. The van der Waals surface area contributed by atoms with E-state index >= 15 is 0 Å². The molecular weight excluding hydrogens is 300 g/mol. The minimum atomic E-state index is 0.0387. The summed E-state index contributed by atoms with van der Waals surface area (Å²) in [6.07, 6.45) is 2.73. The number of amides is 1. The first-order valence-electron chi connectivity index (χ1n) is 8.17. The molecule has 0 saturated carbocycles. The molecule has 1 N–H and O–H groups in total.